The van der Waals surface area contributed by atoms with Crippen molar-refractivity contribution in [2.24, 2.45) is 5.10 Å². The number of sulfonamides is 1. The lowest BCUT2D eigenvalue weighted by Gasteiger charge is -2.18. The van der Waals surface area contributed by atoms with Crippen LogP contribution in [0.15, 0.2) is 46.4 Å². The standard InChI is InChI=1S/C19H21N3O7S/c1-26-15-5-3-13(9-17(15)27-2)11-20-22-19(23)12-21-30(24,25)14-4-6-16-18(10-14)29-8-7-28-16/h3-6,9-11,21H,7-8,12H2,1-2H3,(H,22,23)/b20-11+. The highest BCUT2D eigenvalue weighted by Gasteiger charge is 2.20. The van der Waals surface area contributed by atoms with Crippen molar-refractivity contribution in [1.82, 2.24) is 10.1 Å². The SMILES string of the molecule is COc1ccc(/C=N/NC(=O)CNS(=O)(=O)c2ccc3c(c2)OCCO3)cc1OC. The van der Waals surface area contributed by atoms with Gasteiger partial charge in [0.2, 0.25) is 10.0 Å². The second kappa shape index (κ2) is 9.46. The molecule has 0 fully saturated rings. The van der Waals surface area contributed by atoms with Crippen molar-refractivity contribution in [2.75, 3.05) is 34.0 Å². The second-order valence-electron chi connectivity index (χ2n) is 6.04. The zero-order chi connectivity index (χ0) is 21.6. The summed E-state index contributed by atoms with van der Waals surface area (Å²) in [6, 6.07) is 9.34. The van der Waals surface area contributed by atoms with Gasteiger partial charge in [0, 0.05) is 6.07 Å². The highest BCUT2D eigenvalue weighted by molar-refractivity contribution is 7.89. The van der Waals surface area contributed by atoms with Crippen molar-refractivity contribution in [1.29, 1.82) is 0 Å². The summed E-state index contributed by atoms with van der Waals surface area (Å²) >= 11 is 0. The van der Waals surface area contributed by atoms with E-state index >= 15 is 0 Å². The number of fused-ring (bicyclic) bond motifs is 1. The minimum Gasteiger partial charge on any atom is -0.493 e. The van der Waals surface area contributed by atoms with Crippen molar-refractivity contribution in [3.05, 3.63) is 42.0 Å². The summed E-state index contributed by atoms with van der Waals surface area (Å²) < 4.78 is 48.1. The van der Waals surface area contributed by atoms with Crippen LogP contribution >= 0.6 is 0 Å². The average Bonchev–Trinajstić information content (AvgIpc) is 2.77. The van der Waals surface area contributed by atoms with Crippen LogP contribution in [0.1, 0.15) is 5.56 Å². The molecule has 0 radical (unpaired) electrons. The van der Waals surface area contributed by atoms with Crippen molar-refractivity contribution in [2.45, 2.75) is 4.90 Å². The molecular weight excluding hydrogens is 414 g/mol. The van der Waals surface area contributed by atoms with Gasteiger partial charge in [-0.3, -0.25) is 4.79 Å². The van der Waals surface area contributed by atoms with E-state index in [4.69, 9.17) is 18.9 Å². The smallest absolute Gasteiger partial charge is 0.255 e. The van der Waals surface area contributed by atoms with Crippen LogP contribution in [-0.2, 0) is 14.8 Å². The Morgan fingerprint density at radius 3 is 2.53 bits per heavy atom. The Labute approximate surface area is 173 Å². The Hall–Kier alpha value is -3.31. The van der Waals surface area contributed by atoms with Crippen molar-refractivity contribution < 1.29 is 32.2 Å². The highest BCUT2D eigenvalue weighted by atomic mass is 32.2. The molecule has 2 aromatic carbocycles. The van der Waals surface area contributed by atoms with Gasteiger partial charge in [-0.1, -0.05) is 0 Å². The molecule has 0 saturated carbocycles. The molecule has 0 unspecified atom stereocenters. The van der Waals surface area contributed by atoms with E-state index in [1.54, 1.807) is 18.2 Å². The Morgan fingerprint density at radius 1 is 1.07 bits per heavy atom. The quantitative estimate of drug-likeness (QED) is 0.466. The van der Waals surface area contributed by atoms with Crippen molar-refractivity contribution in [3.63, 3.8) is 0 Å². The Bertz CT molecular complexity index is 1050. The lowest BCUT2D eigenvalue weighted by molar-refractivity contribution is -0.119. The van der Waals surface area contributed by atoms with E-state index in [1.807, 2.05) is 0 Å². The number of ether oxygens (including phenoxy) is 4. The number of methoxy groups -OCH3 is 2. The molecule has 3 rings (SSSR count). The summed E-state index contributed by atoms with van der Waals surface area (Å²) in [5.74, 6) is 1.26. The predicted octanol–water partition coefficient (Wildman–Crippen LogP) is 0.904. The lowest BCUT2D eigenvalue weighted by atomic mass is 10.2. The first kappa shape index (κ1) is 21.4. The van der Waals surface area contributed by atoms with E-state index in [0.29, 0.717) is 41.8 Å². The molecule has 1 aliphatic heterocycles. The van der Waals surface area contributed by atoms with Gasteiger partial charge in [0.1, 0.15) is 13.2 Å². The van der Waals surface area contributed by atoms with Crippen LogP contribution in [0.2, 0.25) is 0 Å². The molecule has 0 aliphatic carbocycles. The first-order valence-electron chi connectivity index (χ1n) is 8.86. The van der Waals surface area contributed by atoms with Crippen molar-refractivity contribution in [3.8, 4) is 23.0 Å². The van der Waals surface area contributed by atoms with E-state index in [0.717, 1.165) is 0 Å². The second-order valence-corrected chi connectivity index (χ2v) is 7.80. The Kier molecular flexibility index (Phi) is 6.75. The van der Waals surface area contributed by atoms with Gasteiger partial charge in [0.15, 0.2) is 23.0 Å². The fraction of sp³-hybridized carbons (Fsp3) is 0.263. The monoisotopic (exact) mass is 435 g/mol. The third-order valence-electron chi connectivity index (χ3n) is 4.06. The summed E-state index contributed by atoms with van der Waals surface area (Å²) in [6.45, 7) is 0.256. The fourth-order valence-corrected chi connectivity index (χ4v) is 3.58. The van der Waals surface area contributed by atoms with Crippen LogP contribution in [0.3, 0.4) is 0 Å². The summed E-state index contributed by atoms with van der Waals surface area (Å²) in [7, 11) is -0.877. The number of amides is 1. The molecule has 160 valence electrons. The average molecular weight is 435 g/mol. The van der Waals surface area contributed by atoms with E-state index < -0.39 is 22.5 Å². The van der Waals surface area contributed by atoms with E-state index in [9.17, 15) is 13.2 Å². The maximum atomic E-state index is 12.4. The molecular formula is C19H21N3O7S. The van der Waals surface area contributed by atoms with Crippen LogP contribution in [0.4, 0.5) is 0 Å². The number of carbonyl (C=O) groups excluding carboxylic acids is 1. The molecule has 1 aliphatic rings. The maximum absolute atomic E-state index is 12.4. The highest BCUT2D eigenvalue weighted by Crippen LogP contribution is 2.32. The van der Waals surface area contributed by atoms with Gasteiger partial charge in [0.25, 0.3) is 5.91 Å². The number of hydrazone groups is 1. The summed E-state index contributed by atoms with van der Waals surface area (Å²) in [6.07, 6.45) is 1.40. The molecule has 0 bridgehead atoms. The number of hydrogen-bond acceptors (Lipinski definition) is 8. The summed E-state index contributed by atoms with van der Waals surface area (Å²) in [5.41, 5.74) is 2.92. The van der Waals surface area contributed by atoms with E-state index in [2.05, 4.69) is 15.2 Å². The Morgan fingerprint density at radius 2 is 1.80 bits per heavy atom. The van der Waals surface area contributed by atoms with Crippen LogP contribution in [-0.4, -0.2) is 54.5 Å². The van der Waals surface area contributed by atoms with Crippen LogP contribution < -0.4 is 29.1 Å². The van der Waals surface area contributed by atoms with Gasteiger partial charge in [-0.05, 0) is 35.9 Å². The predicted molar refractivity (Wildman–Crippen MR) is 108 cm³/mol. The van der Waals surface area contributed by atoms with Crippen LogP contribution in [0.25, 0.3) is 0 Å². The van der Waals surface area contributed by atoms with Gasteiger partial charge < -0.3 is 18.9 Å². The molecule has 0 saturated heterocycles. The third kappa shape index (κ3) is 5.19. The minimum atomic E-state index is -3.91. The van der Waals surface area contributed by atoms with Gasteiger partial charge >= 0.3 is 0 Å². The van der Waals surface area contributed by atoms with Gasteiger partial charge in [-0.25, -0.2) is 18.6 Å². The molecule has 0 atom stereocenters. The van der Waals surface area contributed by atoms with Gasteiger partial charge in [0.05, 0.1) is 31.9 Å². The molecule has 1 amide bonds. The number of nitrogens with zero attached hydrogens (tertiary/aromatic N) is 1. The summed E-state index contributed by atoms with van der Waals surface area (Å²) in [4.78, 5) is 11.9. The number of nitrogens with one attached hydrogen (secondary N) is 2. The number of rotatable bonds is 8. The van der Waals surface area contributed by atoms with E-state index in [-0.39, 0.29) is 4.90 Å². The first-order chi connectivity index (χ1) is 14.4. The molecule has 10 nitrogen and oxygen atoms in total. The zero-order valence-electron chi connectivity index (χ0n) is 16.4. The minimum absolute atomic E-state index is 0.0339. The normalized spacial score (nSPS) is 13.1. The van der Waals surface area contributed by atoms with Gasteiger partial charge in [-0.15, -0.1) is 0 Å². The van der Waals surface area contributed by atoms with Crippen LogP contribution in [0, 0.1) is 0 Å². The molecule has 0 spiro atoms. The lowest BCUT2D eigenvalue weighted by Crippen LogP contribution is -2.35. The molecule has 1 heterocycles. The third-order valence-corrected chi connectivity index (χ3v) is 5.46. The van der Waals surface area contributed by atoms with Crippen LogP contribution in [0.5, 0.6) is 23.0 Å². The number of hydrogen-bond donors (Lipinski definition) is 2. The number of carbonyl (C=O) groups is 1. The van der Waals surface area contributed by atoms with Crippen molar-refractivity contribution >= 4 is 22.1 Å². The molecule has 0 aromatic heterocycles. The Balaban J connectivity index is 1.55. The van der Waals surface area contributed by atoms with Gasteiger partial charge in [-0.2, -0.15) is 5.10 Å². The molecule has 11 heteroatoms. The topological polar surface area (TPSA) is 125 Å². The zero-order valence-corrected chi connectivity index (χ0v) is 17.2. The fourth-order valence-electron chi connectivity index (χ4n) is 2.59. The molecule has 2 aromatic rings. The maximum Gasteiger partial charge on any atom is 0.255 e. The first-order valence-corrected chi connectivity index (χ1v) is 10.3. The van der Waals surface area contributed by atoms with E-state index in [1.165, 1.54) is 38.6 Å². The summed E-state index contributed by atoms with van der Waals surface area (Å²) in [5, 5.41) is 3.81. The largest absolute Gasteiger partial charge is 0.493 e. The molecule has 30 heavy (non-hydrogen) atoms. The molecule has 2 N–H and O–H groups in total. The number of benzene rings is 2.